The fourth-order valence-electron chi connectivity index (χ4n) is 4.48. The molecule has 0 aromatic heterocycles. The number of carboxylic acids is 1. The van der Waals surface area contributed by atoms with Crippen LogP contribution >= 0.6 is 11.6 Å². The highest BCUT2D eigenvalue weighted by Crippen LogP contribution is 2.37. The van der Waals surface area contributed by atoms with Gasteiger partial charge in [0.05, 0.1) is 6.42 Å². The Morgan fingerprint density at radius 1 is 1.33 bits per heavy atom. The number of rotatable bonds is 8. The summed E-state index contributed by atoms with van der Waals surface area (Å²) in [6.07, 6.45) is 4.81. The van der Waals surface area contributed by atoms with Gasteiger partial charge in [-0.15, -0.1) is 0 Å². The van der Waals surface area contributed by atoms with Gasteiger partial charge < -0.3 is 19.9 Å². The number of halogens is 1. The van der Waals surface area contributed by atoms with Crippen LogP contribution in [-0.2, 0) is 24.2 Å². The van der Waals surface area contributed by atoms with Crippen LogP contribution in [0.25, 0.3) is 0 Å². The maximum Gasteiger partial charge on any atom is 0.305 e. The van der Waals surface area contributed by atoms with Crippen LogP contribution in [0.1, 0.15) is 49.3 Å². The van der Waals surface area contributed by atoms with Crippen LogP contribution < -0.4 is 14.8 Å². The van der Waals surface area contributed by atoms with Gasteiger partial charge in [0, 0.05) is 28.2 Å². The van der Waals surface area contributed by atoms with Gasteiger partial charge in [-0.1, -0.05) is 36.7 Å². The minimum Gasteiger partial charge on any atom is -0.492 e. The van der Waals surface area contributed by atoms with Crippen molar-refractivity contribution < 1.29 is 19.4 Å². The van der Waals surface area contributed by atoms with Gasteiger partial charge in [-0.2, -0.15) is 0 Å². The molecule has 1 heterocycles. The van der Waals surface area contributed by atoms with E-state index in [1.165, 1.54) is 5.56 Å². The molecule has 1 aliphatic carbocycles. The highest BCUT2D eigenvalue weighted by atomic mass is 35.5. The Morgan fingerprint density at radius 3 is 2.87 bits per heavy atom. The number of fused-ring (bicyclic) bond motifs is 1. The van der Waals surface area contributed by atoms with Gasteiger partial charge in [0.15, 0.2) is 0 Å². The summed E-state index contributed by atoms with van der Waals surface area (Å²) in [6, 6.07) is 12.0. The summed E-state index contributed by atoms with van der Waals surface area (Å²) >= 11 is 6.36. The van der Waals surface area contributed by atoms with Gasteiger partial charge in [0.2, 0.25) is 0 Å². The molecule has 0 radical (unpaired) electrons. The van der Waals surface area contributed by atoms with Crippen molar-refractivity contribution >= 4 is 17.6 Å². The third-order valence-electron chi connectivity index (χ3n) is 6.24. The van der Waals surface area contributed by atoms with Crippen molar-refractivity contribution in [3.05, 3.63) is 58.1 Å². The first-order valence-corrected chi connectivity index (χ1v) is 11.0. The molecule has 2 aromatic carbocycles. The van der Waals surface area contributed by atoms with Crippen molar-refractivity contribution in [1.29, 1.82) is 0 Å². The number of hydrogen-bond donors (Lipinski definition) is 2. The zero-order valence-electron chi connectivity index (χ0n) is 17.2. The van der Waals surface area contributed by atoms with Gasteiger partial charge in [-0.25, -0.2) is 0 Å². The third kappa shape index (κ3) is 4.57. The van der Waals surface area contributed by atoms with Crippen molar-refractivity contribution in [3.8, 4) is 11.5 Å². The number of carboxylic acid groups (broad SMARTS) is 1. The monoisotopic (exact) mass is 429 g/mol. The van der Waals surface area contributed by atoms with Gasteiger partial charge >= 0.3 is 5.97 Å². The maximum absolute atomic E-state index is 11.2. The lowest BCUT2D eigenvalue weighted by molar-refractivity contribution is -0.140. The van der Waals surface area contributed by atoms with E-state index in [1.54, 1.807) is 0 Å². The molecule has 1 atom stereocenters. The lowest BCUT2D eigenvalue weighted by Crippen LogP contribution is -2.58. The molecule has 0 saturated heterocycles. The van der Waals surface area contributed by atoms with E-state index in [9.17, 15) is 9.90 Å². The minimum atomic E-state index is -0.745. The normalized spacial score (nSPS) is 19.3. The largest absolute Gasteiger partial charge is 0.492 e. The Morgan fingerprint density at radius 2 is 2.17 bits per heavy atom. The van der Waals surface area contributed by atoms with Crippen LogP contribution in [0, 0.1) is 0 Å². The van der Waals surface area contributed by atoms with E-state index in [0.717, 1.165) is 59.8 Å². The van der Waals surface area contributed by atoms with E-state index >= 15 is 0 Å². The predicted octanol–water partition coefficient (Wildman–Crippen LogP) is 4.77. The number of aliphatic carboxylic acids is 1. The topological polar surface area (TPSA) is 67.8 Å². The molecule has 2 aliphatic rings. The summed E-state index contributed by atoms with van der Waals surface area (Å²) in [4.78, 5) is 11.2. The fourth-order valence-corrected chi connectivity index (χ4v) is 4.73. The van der Waals surface area contributed by atoms with Gasteiger partial charge in [0.25, 0.3) is 0 Å². The zero-order valence-corrected chi connectivity index (χ0v) is 18.0. The lowest BCUT2D eigenvalue weighted by atomic mass is 9.73. The van der Waals surface area contributed by atoms with Crippen molar-refractivity contribution in [2.24, 2.45) is 0 Å². The lowest BCUT2D eigenvalue weighted by Gasteiger charge is -2.45. The van der Waals surface area contributed by atoms with Crippen LogP contribution in [-0.4, -0.2) is 29.3 Å². The van der Waals surface area contributed by atoms with Crippen LogP contribution in [0.4, 0.5) is 0 Å². The number of benzene rings is 2. The second-order valence-electron chi connectivity index (χ2n) is 8.35. The van der Waals surface area contributed by atoms with E-state index in [4.69, 9.17) is 21.1 Å². The van der Waals surface area contributed by atoms with E-state index in [1.807, 2.05) is 30.3 Å². The second-order valence-corrected chi connectivity index (χ2v) is 8.76. The average Bonchev–Trinajstić information content (AvgIpc) is 2.70. The molecule has 4 rings (SSSR count). The fraction of sp³-hybridized carbons (Fsp3) is 0.458. The Bertz CT molecular complexity index is 925. The van der Waals surface area contributed by atoms with Crippen molar-refractivity contribution in [3.63, 3.8) is 0 Å². The summed E-state index contributed by atoms with van der Waals surface area (Å²) in [6.45, 7) is 3.06. The maximum atomic E-state index is 11.2. The summed E-state index contributed by atoms with van der Waals surface area (Å²) in [5.74, 6) is 0.843. The smallest absolute Gasteiger partial charge is 0.305 e. The molecule has 6 heteroatoms. The summed E-state index contributed by atoms with van der Waals surface area (Å²) < 4.78 is 12.0. The first kappa shape index (κ1) is 21.0. The summed E-state index contributed by atoms with van der Waals surface area (Å²) in [5.41, 5.74) is 3.06. The van der Waals surface area contributed by atoms with Gasteiger partial charge in [-0.3, -0.25) is 4.79 Å². The van der Waals surface area contributed by atoms with Crippen molar-refractivity contribution in [1.82, 2.24) is 5.32 Å². The minimum absolute atomic E-state index is 0.124. The summed E-state index contributed by atoms with van der Waals surface area (Å²) in [5, 5.41) is 13.5. The molecule has 5 nitrogen and oxygen atoms in total. The first-order valence-electron chi connectivity index (χ1n) is 10.6. The quantitative estimate of drug-likeness (QED) is 0.632. The highest BCUT2D eigenvalue weighted by Gasteiger charge is 2.41. The van der Waals surface area contributed by atoms with Crippen LogP contribution in [0.2, 0.25) is 5.02 Å². The van der Waals surface area contributed by atoms with Gasteiger partial charge in [-0.05, 0) is 55.4 Å². The molecule has 1 fully saturated rings. The SMILES string of the molecule is CCc1cccc(Cl)c1COc1ccc2c(c1)OCC(NC1(CC(=O)O)CCC1)C2. The molecule has 1 aliphatic heterocycles. The zero-order chi connectivity index (χ0) is 21.1. The highest BCUT2D eigenvalue weighted by molar-refractivity contribution is 6.31. The van der Waals surface area contributed by atoms with Crippen LogP contribution in [0.5, 0.6) is 11.5 Å². The second kappa shape index (κ2) is 8.86. The van der Waals surface area contributed by atoms with E-state index in [2.05, 4.69) is 18.3 Å². The Balaban J connectivity index is 1.39. The molecule has 1 saturated carbocycles. The summed E-state index contributed by atoms with van der Waals surface area (Å²) in [7, 11) is 0. The molecule has 160 valence electrons. The molecule has 30 heavy (non-hydrogen) atoms. The molecule has 2 aromatic rings. The van der Waals surface area contributed by atoms with Gasteiger partial charge in [0.1, 0.15) is 24.7 Å². The molecular formula is C24H28ClNO4. The van der Waals surface area contributed by atoms with Crippen LogP contribution in [0.3, 0.4) is 0 Å². The molecule has 0 amide bonds. The number of aryl methyl sites for hydroxylation is 1. The van der Waals surface area contributed by atoms with E-state index < -0.39 is 5.97 Å². The number of carbonyl (C=O) groups is 1. The first-order chi connectivity index (χ1) is 14.5. The Labute approximate surface area is 182 Å². The molecular weight excluding hydrogens is 402 g/mol. The molecule has 0 spiro atoms. The standard InChI is InChI=1S/C24H28ClNO4/c1-2-16-5-3-6-21(25)20(16)15-29-19-8-7-17-11-18(14-30-22(17)12-19)26-24(9-4-10-24)13-23(27)28/h3,5-8,12,18,26H,2,4,9-11,13-15H2,1H3,(H,27,28). The van der Waals surface area contributed by atoms with Crippen LogP contribution in [0.15, 0.2) is 36.4 Å². The van der Waals surface area contributed by atoms with Crippen molar-refractivity contribution in [2.75, 3.05) is 6.61 Å². The number of hydrogen-bond acceptors (Lipinski definition) is 4. The molecule has 0 bridgehead atoms. The van der Waals surface area contributed by atoms with E-state index in [-0.39, 0.29) is 18.0 Å². The Kier molecular flexibility index (Phi) is 6.21. The Hall–Kier alpha value is -2.24. The third-order valence-corrected chi connectivity index (χ3v) is 6.59. The molecule has 1 unspecified atom stereocenters. The average molecular weight is 430 g/mol. The molecule has 2 N–H and O–H groups in total. The number of ether oxygens (including phenoxy) is 2. The van der Waals surface area contributed by atoms with E-state index in [0.29, 0.717) is 13.2 Å². The number of nitrogens with one attached hydrogen (secondary N) is 1. The van der Waals surface area contributed by atoms with Crippen molar-refractivity contribution in [2.45, 2.75) is 63.6 Å². The predicted molar refractivity (Wildman–Crippen MR) is 117 cm³/mol.